The molecule has 2 heterocycles. The predicted molar refractivity (Wildman–Crippen MR) is 123 cm³/mol. The normalized spacial score (nSPS) is 21.1. The highest BCUT2D eigenvalue weighted by atomic mass is 79.9. The standard InChI is InChI=1S/C23H33BrF2N2O6/c1-22(2,3)34-21(29)28-12-19(13-28)31-8-4-7-30-14-23(25,26)15-32-17-9-18(10-17)33-20-6-5-16(24)11-27-20/h5-6,11,17-19H,4,7-10,12-15H2,1-3H3. The smallest absolute Gasteiger partial charge is 0.410 e. The van der Waals surface area contributed by atoms with Crippen LogP contribution in [0.15, 0.2) is 22.8 Å². The van der Waals surface area contributed by atoms with Gasteiger partial charge < -0.3 is 28.6 Å². The Morgan fingerprint density at radius 2 is 1.82 bits per heavy atom. The van der Waals surface area contributed by atoms with Gasteiger partial charge in [-0.15, -0.1) is 0 Å². The second-order valence-corrected chi connectivity index (χ2v) is 10.5. The number of rotatable bonds is 12. The predicted octanol–water partition coefficient (Wildman–Crippen LogP) is 4.45. The Labute approximate surface area is 207 Å². The quantitative estimate of drug-likeness (QED) is 0.356. The van der Waals surface area contributed by atoms with Crippen LogP contribution in [0.2, 0.25) is 0 Å². The van der Waals surface area contributed by atoms with E-state index in [0.717, 1.165) is 4.47 Å². The van der Waals surface area contributed by atoms with Gasteiger partial charge in [0.1, 0.15) is 24.9 Å². The molecule has 2 aliphatic rings. The molecule has 1 saturated heterocycles. The number of amides is 1. The molecule has 11 heteroatoms. The van der Waals surface area contributed by atoms with Crippen LogP contribution in [0.3, 0.4) is 0 Å². The number of hydrogen-bond acceptors (Lipinski definition) is 7. The van der Waals surface area contributed by atoms with Gasteiger partial charge >= 0.3 is 6.09 Å². The summed E-state index contributed by atoms with van der Waals surface area (Å²) in [7, 11) is 0. The zero-order valence-electron chi connectivity index (χ0n) is 19.8. The van der Waals surface area contributed by atoms with E-state index >= 15 is 0 Å². The van der Waals surface area contributed by atoms with Crippen molar-refractivity contribution in [2.24, 2.45) is 0 Å². The fourth-order valence-corrected chi connectivity index (χ4v) is 3.52. The minimum Gasteiger partial charge on any atom is -0.474 e. The SMILES string of the molecule is CC(C)(C)OC(=O)N1CC(OCCCOCC(F)(F)COC2CC(Oc3ccc(Br)cn3)C2)C1. The molecular weight excluding hydrogens is 518 g/mol. The molecule has 2 fully saturated rings. The van der Waals surface area contributed by atoms with Gasteiger partial charge in [-0.1, -0.05) is 0 Å². The number of halogens is 3. The number of likely N-dealkylation sites (tertiary alicyclic amines) is 1. The number of nitrogens with zero attached hydrogens (tertiary/aromatic N) is 2. The van der Waals surface area contributed by atoms with Gasteiger partial charge in [-0.25, -0.2) is 18.6 Å². The fourth-order valence-electron chi connectivity index (χ4n) is 3.29. The van der Waals surface area contributed by atoms with Gasteiger partial charge in [0.2, 0.25) is 5.88 Å². The summed E-state index contributed by atoms with van der Waals surface area (Å²) >= 11 is 3.30. The highest BCUT2D eigenvalue weighted by molar-refractivity contribution is 9.10. The zero-order chi connectivity index (χ0) is 24.8. The van der Waals surface area contributed by atoms with Crippen molar-refractivity contribution in [1.29, 1.82) is 0 Å². The van der Waals surface area contributed by atoms with Crippen molar-refractivity contribution in [3.63, 3.8) is 0 Å². The van der Waals surface area contributed by atoms with Crippen LogP contribution in [-0.2, 0) is 18.9 Å². The summed E-state index contributed by atoms with van der Waals surface area (Å²) in [5, 5.41) is 0. The van der Waals surface area contributed by atoms with Crippen LogP contribution < -0.4 is 4.74 Å². The van der Waals surface area contributed by atoms with Crippen LogP contribution in [-0.4, -0.2) is 85.3 Å². The molecule has 0 aromatic carbocycles. The maximum absolute atomic E-state index is 14.0. The third kappa shape index (κ3) is 9.24. The molecule has 0 unspecified atom stereocenters. The van der Waals surface area contributed by atoms with Gasteiger partial charge in [0.15, 0.2) is 0 Å². The number of carbonyl (C=O) groups excluding carboxylic acids is 1. The molecule has 1 saturated carbocycles. The van der Waals surface area contributed by atoms with Crippen molar-refractivity contribution in [2.45, 2.75) is 69.9 Å². The number of aromatic nitrogens is 1. The molecule has 0 atom stereocenters. The lowest BCUT2D eigenvalue weighted by Crippen LogP contribution is -2.56. The first kappa shape index (κ1) is 27.0. The average molecular weight is 551 g/mol. The van der Waals surface area contributed by atoms with Crippen LogP contribution in [0.5, 0.6) is 5.88 Å². The Morgan fingerprint density at radius 3 is 2.47 bits per heavy atom. The topological polar surface area (TPSA) is 79.4 Å². The third-order valence-electron chi connectivity index (χ3n) is 5.17. The highest BCUT2D eigenvalue weighted by Gasteiger charge is 2.37. The van der Waals surface area contributed by atoms with Gasteiger partial charge in [-0.2, -0.15) is 0 Å². The molecule has 8 nitrogen and oxygen atoms in total. The Bertz CT molecular complexity index is 781. The minimum atomic E-state index is -3.05. The molecule has 0 radical (unpaired) electrons. The summed E-state index contributed by atoms with van der Waals surface area (Å²) in [5.74, 6) is -2.55. The van der Waals surface area contributed by atoms with E-state index in [9.17, 15) is 13.6 Å². The van der Waals surface area contributed by atoms with Gasteiger partial charge in [-0.3, -0.25) is 0 Å². The molecule has 1 amide bonds. The van der Waals surface area contributed by atoms with Crippen molar-refractivity contribution in [3.8, 4) is 5.88 Å². The third-order valence-corrected chi connectivity index (χ3v) is 5.64. The van der Waals surface area contributed by atoms with E-state index in [1.165, 1.54) is 0 Å². The first-order valence-corrected chi connectivity index (χ1v) is 12.2. The first-order valence-electron chi connectivity index (χ1n) is 11.4. The van der Waals surface area contributed by atoms with Crippen molar-refractivity contribution in [1.82, 2.24) is 9.88 Å². The summed E-state index contributed by atoms with van der Waals surface area (Å²) in [6.45, 7) is 5.56. The first-order chi connectivity index (χ1) is 16.0. The number of carbonyl (C=O) groups is 1. The summed E-state index contributed by atoms with van der Waals surface area (Å²) < 4.78 is 55.8. The Hall–Kier alpha value is -1.56. The lowest BCUT2D eigenvalue weighted by atomic mass is 9.92. The van der Waals surface area contributed by atoms with Gasteiger partial charge in [0.25, 0.3) is 5.92 Å². The summed E-state index contributed by atoms with van der Waals surface area (Å²) in [6.07, 6.45) is 2.51. The summed E-state index contributed by atoms with van der Waals surface area (Å²) in [6, 6.07) is 3.58. The number of hydrogen-bond donors (Lipinski definition) is 0. The van der Waals surface area contributed by atoms with Crippen molar-refractivity contribution in [2.75, 3.05) is 39.5 Å². The average Bonchev–Trinajstić information content (AvgIpc) is 2.67. The van der Waals surface area contributed by atoms with Crippen LogP contribution in [0, 0.1) is 0 Å². The van der Waals surface area contributed by atoms with Crippen LogP contribution in [0.4, 0.5) is 13.6 Å². The Morgan fingerprint density at radius 1 is 1.09 bits per heavy atom. The van der Waals surface area contributed by atoms with E-state index in [1.54, 1.807) is 17.2 Å². The molecule has 192 valence electrons. The molecule has 1 aromatic heterocycles. The minimum absolute atomic E-state index is 0.0582. The van der Waals surface area contributed by atoms with Gasteiger partial charge in [0.05, 0.1) is 25.3 Å². The van der Waals surface area contributed by atoms with Crippen molar-refractivity contribution in [3.05, 3.63) is 22.8 Å². The molecule has 1 aliphatic heterocycles. The van der Waals surface area contributed by atoms with Gasteiger partial charge in [0, 0.05) is 42.8 Å². The van der Waals surface area contributed by atoms with E-state index in [-0.39, 0.29) is 31.0 Å². The van der Waals surface area contributed by atoms with E-state index in [2.05, 4.69) is 20.9 Å². The maximum atomic E-state index is 14.0. The molecule has 0 spiro atoms. The van der Waals surface area contributed by atoms with Crippen LogP contribution in [0.1, 0.15) is 40.0 Å². The Kier molecular flexibility index (Phi) is 9.48. The van der Waals surface area contributed by atoms with E-state index in [0.29, 0.717) is 44.8 Å². The molecule has 1 aliphatic carbocycles. The monoisotopic (exact) mass is 550 g/mol. The zero-order valence-corrected chi connectivity index (χ0v) is 21.4. The maximum Gasteiger partial charge on any atom is 0.410 e. The highest BCUT2D eigenvalue weighted by Crippen LogP contribution is 2.29. The molecule has 0 N–H and O–H groups in total. The van der Waals surface area contributed by atoms with Crippen LogP contribution in [0.25, 0.3) is 0 Å². The number of ether oxygens (including phenoxy) is 5. The Balaban J connectivity index is 1.16. The lowest BCUT2D eigenvalue weighted by Gasteiger charge is -2.39. The second-order valence-electron chi connectivity index (χ2n) is 9.60. The van der Waals surface area contributed by atoms with Crippen LogP contribution >= 0.6 is 15.9 Å². The van der Waals surface area contributed by atoms with E-state index in [4.69, 9.17) is 23.7 Å². The second kappa shape index (κ2) is 11.9. The number of pyridine rings is 1. The molecular formula is C23H33BrF2N2O6. The molecule has 1 aromatic rings. The lowest BCUT2D eigenvalue weighted by molar-refractivity contribution is -0.160. The van der Waals surface area contributed by atoms with E-state index in [1.807, 2.05) is 26.8 Å². The number of alkyl halides is 2. The summed E-state index contributed by atoms with van der Waals surface area (Å²) in [4.78, 5) is 17.6. The van der Waals surface area contributed by atoms with Crippen molar-refractivity contribution < 1.29 is 37.3 Å². The van der Waals surface area contributed by atoms with E-state index < -0.39 is 24.7 Å². The molecule has 34 heavy (non-hydrogen) atoms. The summed E-state index contributed by atoms with van der Waals surface area (Å²) in [5.41, 5.74) is -0.528. The largest absolute Gasteiger partial charge is 0.474 e. The molecule has 3 rings (SSSR count). The fraction of sp³-hybridized carbons (Fsp3) is 0.739. The van der Waals surface area contributed by atoms with Gasteiger partial charge in [-0.05, 0) is 49.2 Å². The van der Waals surface area contributed by atoms with Crippen molar-refractivity contribution >= 4 is 22.0 Å². The molecule has 0 bridgehead atoms.